The number of ether oxygens (including phenoxy) is 1. The molecule has 23 heavy (non-hydrogen) atoms. The number of nitrogens with two attached hydrogens (primary N) is 1. The van der Waals surface area contributed by atoms with Crippen LogP contribution in [0.1, 0.15) is 12.8 Å². The predicted octanol–water partition coefficient (Wildman–Crippen LogP) is 0.278. The van der Waals surface area contributed by atoms with Gasteiger partial charge in [0.25, 0.3) is 0 Å². The molecule has 128 valence electrons. The molecule has 0 bridgehead atoms. The summed E-state index contributed by atoms with van der Waals surface area (Å²) in [6.45, 7) is 6.21. The average molecular weight is 340 g/mol. The minimum atomic E-state index is -3.76. The van der Waals surface area contributed by atoms with E-state index in [2.05, 4.69) is 14.8 Å². The number of rotatable bonds is 4. The van der Waals surface area contributed by atoms with E-state index in [1.165, 1.54) is 6.07 Å². The molecule has 8 heteroatoms. The Bertz CT molecular complexity index is 631. The second-order valence-electron chi connectivity index (χ2n) is 6.24. The molecule has 0 radical (unpaired) electrons. The topological polar surface area (TPSA) is 88.8 Å². The van der Waals surface area contributed by atoms with Crippen molar-refractivity contribution in [2.24, 2.45) is 11.1 Å². The van der Waals surface area contributed by atoms with Crippen LogP contribution in [-0.2, 0) is 14.8 Å². The zero-order valence-corrected chi connectivity index (χ0v) is 14.0. The molecule has 2 aliphatic rings. The third kappa shape index (κ3) is 4.20. The van der Waals surface area contributed by atoms with E-state index < -0.39 is 10.0 Å². The first-order valence-electron chi connectivity index (χ1n) is 8.07. The average Bonchev–Trinajstić information content (AvgIpc) is 2.55. The van der Waals surface area contributed by atoms with E-state index in [-0.39, 0.29) is 4.90 Å². The first-order valence-corrected chi connectivity index (χ1v) is 9.61. The quantitative estimate of drug-likeness (QED) is 0.847. The highest BCUT2D eigenvalue weighted by Crippen LogP contribution is 2.27. The van der Waals surface area contributed by atoms with Crippen molar-refractivity contribution in [3.8, 4) is 0 Å². The third-order valence-electron chi connectivity index (χ3n) is 4.50. The van der Waals surface area contributed by atoms with E-state index in [4.69, 9.17) is 9.88 Å². The van der Waals surface area contributed by atoms with E-state index in [1.54, 1.807) is 12.3 Å². The maximum absolute atomic E-state index is 11.8. The summed E-state index contributed by atoms with van der Waals surface area (Å²) in [4.78, 5) is 8.89. The normalized spacial score (nSPS) is 23.9. The lowest BCUT2D eigenvalue weighted by atomic mass is 9.97. The van der Waals surface area contributed by atoms with Gasteiger partial charge in [-0.2, -0.15) is 0 Å². The van der Waals surface area contributed by atoms with Crippen molar-refractivity contribution in [2.45, 2.75) is 17.7 Å². The number of aromatic nitrogens is 1. The zero-order chi connectivity index (χ0) is 16.3. The van der Waals surface area contributed by atoms with Gasteiger partial charge in [-0.1, -0.05) is 0 Å². The van der Waals surface area contributed by atoms with Crippen molar-refractivity contribution >= 4 is 15.8 Å². The molecule has 7 nitrogen and oxygen atoms in total. The number of piperidine rings is 1. The molecule has 0 saturated carbocycles. The Hall–Kier alpha value is -1.22. The van der Waals surface area contributed by atoms with Crippen LogP contribution in [0.3, 0.4) is 0 Å². The number of nitrogens with zero attached hydrogens (tertiary/aromatic N) is 3. The summed E-state index contributed by atoms with van der Waals surface area (Å²) in [5.74, 6) is 0.999. The minimum Gasteiger partial charge on any atom is -0.379 e. The van der Waals surface area contributed by atoms with Gasteiger partial charge in [0.15, 0.2) is 0 Å². The van der Waals surface area contributed by atoms with E-state index in [0.29, 0.717) is 11.7 Å². The number of sulfonamides is 1. The van der Waals surface area contributed by atoms with Crippen LogP contribution in [0.25, 0.3) is 0 Å². The lowest BCUT2D eigenvalue weighted by Crippen LogP contribution is -2.45. The molecule has 2 aliphatic heterocycles. The zero-order valence-electron chi connectivity index (χ0n) is 13.2. The molecule has 1 unspecified atom stereocenters. The Labute approximate surface area is 137 Å². The van der Waals surface area contributed by atoms with Crippen LogP contribution < -0.4 is 10.0 Å². The second-order valence-corrected chi connectivity index (χ2v) is 7.77. The molecule has 2 N–H and O–H groups in total. The maximum atomic E-state index is 11.8. The number of morpholine rings is 1. The van der Waals surface area contributed by atoms with Crippen LogP contribution in [0.15, 0.2) is 23.2 Å². The van der Waals surface area contributed by atoms with Gasteiger partial charge in [0.05, 0.1) is 13.2 Å². The number of hydrogen-bond acceptors (Lipinski definition) is 6. The summed E-state index contributed by atoms with van der Waals surface area (Å²) in [6, 6.07) is 3.14. The lowest BCUT2D eigenvalue weighted by molar-refractivity contribution is 0.0296. The Balaban J connectivity index is 1.71. The standard InChI is InChI=1S/C15H24N4O3S/c16-23(20,21)14-4-1-5-17-15(14)19-6-2-3-13(12-19)11-18-7-9-22-10-8-18/h1,4-5,13H,2-3,6-12H2,(H2,16,20,21). The molecule has 2 fully saturated rings. The fourth-order valence-electron chi connectivity index (χ4n) is 3.40. The summed E-state index contributed by atoms with van der Waals surface area (Å²) < 4.78 is 29.0. The predicted molar refractivity (Wildman–Crippen MR) is 87.8 cm³/mol. The van der Waals surface area contributed by atoms with Crippen LogP contribution >= 0.6 is 0 Å². The summed E-state index contributed by atoms with van der Waals surface area (Å²) in [5.41, 5.74) is 0. The van der Waals surface area contributed by atoms with Crippen LogP contribution in [0.4, 0.5) is 5.82 Å². The lowest BCUT2D eigenvalue weighted by Gasteiger charge is -2.37. The van der Waals surface area contributed by atoms with Gasteiger partial charge in [0.2, 0.25) is 10.0 Å². The molecule has 0 spiro atoms. The monoisotopic (exact) mass is 340 g/mol. The highest BCUT2D eigenvalue weighted by Gasteiger charge is 2.27. The van der Waals surface area contributed by atoms with Crippen LogP contribution in [0.2, 0.25) is 0 Å². The molecule has 3 heterocycles. The van der Waals surface area contributed by atoms with Crippen molar-refractivity contribution in [1.82, 2.24) is 9.88 Å². The largest absolute Gasteiger partial charge is 0.379 e. The van der Waals surface area contributed by atoms with Gasteiger partial charge >= 0.3 is 0 Å². The first kappa shape index (κ1) is 16.6. The van der Waals surface area contributed by atoms with E-state index >= 15 is 0 Å². The highest BCUT2D eigenvalue weighted by atomic mass is 32.2. The Kier molecular flexibility index (Phi) is 5.15. The van der Waals surface area contributed by atoms with Crippen LogP contribution in [0.5, 0.6) is 0 Å². The van der Waals surface area contributed by atoms with Crippen molar-refractivity contribution in [3.63, 3.8) is 0 Å². The van der Waals surface area contributed by atoms with Gasteiger partial charge < -0.3 is 9.64 Å². The summed E-state index contributed by atoms with van der Waals surface area (Å²) in [7, 11) is -3.76. The van der Waals surface area contributed by atoms with Crippen molar-refractivity contribution in [2.75, 3.05) is 50.8 Å². The van der Waals surface area contributed by atoms with E-state index in [9.17, 15) is 8.42 Å². The molecule has 1 atom stereocenters. The number of pyridine rings is 1. The van der Waals surface area contributed by atoms with E-state index in [0.717, 1.165) is 58.8 Å². The molecule has 1 aromatic rings. The molecular weight excluding hydrogens is 316 g/mol. The van der Waals surface area contributed by atoms with Gasteiger partial charge in [-0.25, -0.2) is 18.5 Å². The van der Waals surface area contributed by atoms with Gasteiger partial charge in [0.1, 0.15) is 10.7 Å². The Morgan fingerprint density at radius 3 is 2.83 bits per heavy atom. The fourth-order valence-corrected chi connectivity index (χ4v) is 4.10. The number of primary sulfonamides is 1. The summed E-state index contributed by atoms with van der Waals surface area (Å²) >= 11 is 0. The van der Waals surface area contributed by atoms with Gasteiger partial charge in [-0.05, 0) is 30.9 Å². The third-order valence-corrected chi connectivity index (χ3v) is 5.43. The molecule has 2 saturated heterocycles. The van der Waals surface area contributed by atoms with Crippen LogP contribution in [-0.4, -0.2) is 64.2 Å². The molecule has 0 amide bonds. The minimum absolute atomic E-state index is 0.118. The number of hydrogen-bond donors (Lipinski definition) is 1. The molecule has 1 aromatic heterocycles. The van der Waals surface area contributed by atoms with Gasteiger partial charge in [-0.3, -0.25) is 4.90 Å². The van der Waals surface area contributed by atoms with Gasteiger partial charge in [-0.15, -0.1) is 0 Å². The van der Waals surface area contributed by atoms with Gasteiger partial charge in [0, 0.05) is 38.9 Å². The number of anilines is 1. The van der Waals surface area contributed by atoms with Crippen molar-refractivity contribution in [1.29, 1.82) is 0 Å². The van der Waals surface area contributed by atoms with Crippen LogP contribution in [0, 0.1) is 5.92 Å². The SMILES string of the molecule is NS(=O)(=O)c1cccnc1N1CCCC(CN2CCOCC2)C1. The Morgan fingerprint density at radius 1 is 1.30 bits per heavy atom. The molecule has 0 aromatic carbocycles. The van der Waals surface area contributed by atoms with E-state index in [1.807, 2.05) is 0 Å². The van der Waals surface area contributed by atoms with Crippen molar-refractivity contribution in [3.05, 3.63) is 18.3 Å². The second kappa shape index (κ2) is 7.12. The smallest absolute Gasteiger partial charge is 0.241 e. The molecular formula is C15H24N4O3S. The molecule has 3 rings (SSSR count). The summed E-state index contributed by atoms with van der Waals surface area (Å²) in [6.07, 6.45) is 3.82. The van der Waals surface area contributed by atoms with Crippen molar-refractivity contribution < 1.29 is 13.2 Å². The maximum Gasteiger partial charge on any atom is 0.241 e. The molecule has 0 aliphatic carbocycles. The first-order chi connectivity index (χ1) is 11.0. The summed E-state index contributed by atoms with van der Waals surface area (Å²) in [5, 5.41) is 5.33. The Morgan fingerprint density at radius 2 is 2.09 bits per heavy atom. The highest BCUT2D eigenvalue weighted by molar-refractivity contribution is 7.89. The fraction of sp³-hybridized carbons (Fsp3) is 0.667.